The Bertz CT molecular complexity index is 825. The number of rotatable bonds is 3. The third-order valence-corrected chi connectivity index (χ3v) is 4.98. The molecule has 124 valence electrons. The minimum Gasteiger partial charge on any atom is -0.372 e. The van der Waals surface area contributed by atoms with Gasteiger partial charge in [0.1, 0.15) is 16.0 Å². The maximum atomic E-state index is 5.82. The molecule has 0 aliphatic carbocycles. The van der Waals surface area contributed by atoms with Crippen molar-refractivity contribution >= 4 is 38.9 Å². The lowest BCUT2D eigenvalue weighted by Gasteiger charge is -2.35. The monoisotopic (exact) mass is 340 g/mol. The zero-order valence-electron chi connectivity index (χ0n) is 13.8. The molecule has 3 heterocycles. The Morgan fingerprint density at radius 3 is 2.62 bits per heavy atom. The van der Waals surface area contributed by atoms with Crippen molar-refractivity contribution in [1.82, 2.24) is 9.36 Å². The molecule has 0 amide bonds. The van der Waals surface area contributed by atoms with Gasteiger partial charge in [-0.2, -0.15) is 4.37 Å². The fourth-order valence-electron chi connectivity index (χ4n) is 3.13. The fraction of sp³-hybridized carbons (Fsp3) is 0.333. The van der Waals surface area contributed by atoms with E-state index in [1.54, 1.807) is 0 Å². The third-order valence-electron chi connectivity index (χ3n) is 4.07. The van der Waals surface area contributed by atoms with Crippen molar-refractivity contribution in [3.05, 3.63) is 42.6 Å². The summed E-state index contributed by atoms with van der Waals surface area (Å²) < 4.78 is 10.4. The summed E-state index contributed by atoms with van der Waals surface area (Å²) in [5, 5.41) is 4.50. The normalized spacial score (nSPS) is 21.2. The second kappa shape index (κ2) is 6.37. The van der Waals surface area contributed by atoms with Crippen LogP contribution in [0.15, 0.2) is 42.6 Å². The number of para-hydroxylation sites is 1. The Hall–Kier alpha value is -2.18. The molecule has 1 N–H and O–H groups in total. The SMILES string of the molecule is C[C@@H]1CN(c2snc3cc(Nc4ccccc4)cnc23)C[C@H](C)O1. The van der Waals surface area contributed by atoms with Gasteiger partial charge in [-0.05, 0) is 43.6 Å². The first-order valence-corrected chi connectivity index (χ1v) is 8.94. The number of nitrogens with one attached hydrogen (secondary N) is 1. The second-order valence-electron chi connectivity index (χ2n) is 6.23. The van der Waals surface area contributed by atoms with Crippen LogP contribution in [0.1, 0.15) is 13.8 Å². The van der Waals surface area contributed by atoms with Gasteiger partial charge in [0.25, 0.3) is 0 Å². The molecule has 2 atom stereocenters. The van der Waals surface area contributed by atoms with Crippen molar-refractivity contribution in [2.75, 3.05) is 23.3 Å². The molecule has 0 unspecified atom stereocenters. The van der Waals surface area contributed by atoms with Crippen LogP contribution in [0.5, 0.6) is 0 Å². The van der Waals surface area contributed by atoms with Crippen molar-refractivity contribution in [1.29, 1.82) is 0 Å². The predicted octanol–water partition coefficient (Wildman–Crippen LogP) is 4.05. The average molecular weight is 340 g/mol. The third kappa shape index (κ3) is 3.07. The van der Waals surface area contributed by atoms with Crippen LogP contribution in [-0.4, -0.2) is 34.7 Å². The summed E-state index contributed by atoms with van der Waals surface area (Å²) in [5.41, 5.74) is 3.90. The number of anilines is 3. The molecule has 0 radical (unpaired) electrons. The van der Waals surface area contributed by atoms with Gasteiger partial charge in [0.2, 0.25) is 0 Å². The topological polar surface area (TPSA) is 50.3 Å². The zero-order chi connectivity index (χ0) is 16.5. The molecular weight excluding hydrogens is 320 g/mol. The van der Waals surface area contributed by atoms with Gasteiger partial charge in [-0.15, -0.1) is 0 Å². The lowest BCUT2D eigenvalue weighted by molar-refractivity contribution is -0.00494. The molecule has 2 aromatic heterocycles. The number of ether oxygens (including phenoxy) is 1. The maximum Gasteiger partial charge on any atom is 0.138 e. The van der Waals surface area contributed by atoms with Gasteiger partial charge in [0.05, 0.1) is 24.1 Å². The summed E-state index contributed by atoms with van der Waals surface area (Å²) in [6.07, 6.45) is 2.33. The standard InChI is InChI=1S/C18H20N4OS/c1-12-10-22(11-13(2)23-12)18-17-16(21-24-18)8-15(9-19-17)20-14-6-4-3-5-7-14/h3-9,12-13,20H,10-11H2,1-2H3/t12-,13+. The van der Waals surface area contributed by atoms with Crippen LogP contribution in [0.2, 0.25) is 0 Å². The Morgan fingerprint density at radius 1 is 1.12 bits per heavy atom. The number of fused-ring (bicyclic) bond motifs is 1. The molecule has 0 bridgehead atoms. The molecule has 4 rings (SSSR count). The number of hydrogen-bond donors (Lipinski definition) is 1. The van der Waals surface area contributed by atoms with E-state index in [2.05, 4.69) is 39.5 Å². The number of pyridine rings is 1. The van der Waals surface area contributed by atoms with Crippen LogP contribution in [0.4, 0.5) is 16.4 Å². The van der Waals surface area contributed by atoms with Gasteiger partial charge in [-0.25, -0.2) is 4.98 Å². The summed E-state index contributed by atoms with van der Waals surface area (Å²) in [4.78, 5) is 7.01. The molecule has 3 aromatic rings. The quantitative estimate of drug-likeness (QED) is 0.779. The van der Waals surface area contributed by atoms with Crippen LogP contribution in [0.25, 0.3) is 11.0 Å². The molecule has 1 aliphatic rings. The number of nitrogens with zero attached hydrogens (tertiary/aromatic N) is 3. The first-order chi connectivity index (χ1) is 11.7. The zero-order valence-corrected chi connectivity index (χ0v) is 14.6. The average Bonchev–Trinajstić information content (AvgIpc) is 2.98. The highest BCUT2D eigenvalue weighted by Gasteiger charge is 2.25. The minimum atomic E-state index is 0.227. The first-order valence-electron chi connectivity index (χ1n) is 8.17. The van der Waals surface area contributed by atoms with Crippen molar-refractivity contribution in [3.63, 3.8) is 0 Å². The smallest absolute Gasteiger partial charge is 0.138 e. The summed E-state index contributed by atoms with van der Waals surface area (Å²) in [6, 6.07) is 12.2. The van der Waals surface area contributed by atoms with Crippen molar-refractivity contribution in [2.24, 2.45) is 0 Å². The van der Waals surface area contributed by atoms with Crippen LogP contribution in [-0.2, 0) is 4.74 Å². The maximum absolute atomic E-state index is 5.82. The lowest BCUT2D eigenvalue weighted by atomic mass is 10.2. The second-order valence-corrected chi connectivity index (χ2v) is 6.98. The number of aromatic nitrogens is 2. The predicted molar refractivity (Wildman–Crippen MR) is 99.4 cm³/mol. The lowest BCUT2D eigenvalue weighted by Crippen LogP contribution is -2.45. The van der Waals surface area contributed by atoms with E-state index in [1.807, 2.05) is 36.5 Å². The molecular formula is C18H20N4OS. The summed E-state index contributed by atoms with van der Waals surface area (Å²) in [6.45, 7) is 5.99. The fourth-order valence-corrected chi connectivity index (χ4v) is 3.96. The van der Waals surface area contributed by atoms with Crippen molar-refractivity contribution in [3.8, 4) is 0 Å². The molecule has 1 saturated heterocycles. The van der Waals surface area contributed by atoms with E-state index in [-0.39, 0.29) is 12.2 Å². The molecule has 5 nitrogen and oxygen atoms in total. The van der Waals surface area contributed by atoms with Gasteiger partial charge in [0.15, 0.2) is 0 Å². The minimum absolute atomic E-state index is 0.227. The Kier molecular flexibility index (Phi) is 4.08. The largest absolute Gasteiger partial charge is 0.372 e. The van der Waals surface area contributed by atoms with Crippen LogP contribution in [0, 0.1) is 0 Å². The highest BCUT2D eigenvalue weighted by Crippen LogP contribution is 2.33. The van der Waals surface area contributed by atoms with E-state index in [9.17, 15) is 0 Å². The van der Waals surface area contributed by atoms with E-state index in [4.69, 9.17) is 4.74 Å². The summed E-state index contributed by atoms with van der Waals surface area (Å²) in [7, 11) is 0. The molecule has 1 aromatic carbocycles. The number of benzene rings is 1. The highest BCUT2D eigenvalue weighted by molar-refractivity contribution is 7.11. The van der Waals surface area contributed by atoms with Crippen molar-refractivity contribution < 1.29 is 4.74 Å². The summed E-state index contributed by atoms with van der Waals surface area (Å²) >= 11 is 1.52. The number of morpholine rings is 1. The van der Waals surface area contributed by atoms with Gasteiger partial charge in [-0.3, -0.25) is 0 Å². The molecule has 6 heteroatoms. The van der Waals surface area contributed by atoms with Crippen molar-refractivity contribution in [2.45, 2.75) is 26.1 Å². The van der Waals surface area contributed by atoms with Gasteiger partial charge >= 0.3 is 0 Å². The Balaban J connectivity index is 1.61. The molecule has 0 saturated carbocycles. The first kappa shape index (κ1) is 15.4. The molecule has 1 aliphatic heterocycles. The van der Waals surface area contributed by atoms with E-state index in [0.717, 1.165) is 40.5 Å². The Morgan fingerprint density at radius 2 is 1.88 bits per heavy atom. The van der Waals surface area contributed by atoms with E-state index in [0.29, 0.717) is 0 Å². The van der Waals surface area contributed by atoms with Crippen LogP contribution < -0.4 is 10.2 Å². The van der Waals surface area contributed by atoms with E-state index in [1.165, 1.54) is 11.5 Å². The highest BCUT2D eigenvalue weighted by atomic mass is 32.1. The van der Waals surface area contributed by atoms with E-state index >= 15 is 0 Å². The van der Waals surface area contributed by atoms with E-state index < -0.39 is 0 Å². The Labute approximate surface area is 145 Å². The van der Waals surface area contributed by atoms with Gasteiger partial charge in [-0.1, -0.05) is 18.2 Å². The molecule has 24 heavy (non-hydrogen) atoms. The summed E-state index contributed by atoms with van der Waals surface area (Å²) in [5.74, 6) is 0. The molecule has 1 fully saturated rings. The van der Waals surface area contributed by atoms with Crippen LogP contribution >= 0.6 is 11.5 Å². The van der Waals surface area contributed by atoms with Gasteiger partial charge in [0, 0.05) is 18.8 Å². The molecule has 0 spiro atoms. The van der Waals surface area contributed by atoms with Crippen LogP contribution in [0.3, 0.4) is 0 Å². The number of hydrogen-bond acceptors (Lipinski definition) is 6. The van der Waals surface area contributed by atoms with Gasteiger partial charge < -0.3 is 15.0 Å².